The highest BCUT2D eigenvalue weighted by Crippen LogP contribution is 2.17. The van der Waals surface area contributed by atoms with Crippen LogP contribution in [0.3, 0.4) is 0 Å². The number of nitrogens with zero attached hydrogens (tertiary/aromatic N) is 1. The van der Waals surface area contributed by atoms with Gasteiger partial charge in [0.1, 0.15) is 4.60 Å². The minimum Gasteiger partial charge on any atom is -0.478 e. The molecule has 64 valence electrons. The second kappa shape index (κ2) is 3.23. The van der Waals surface area contributed by atoms with Crippen LogP contribution in [0.1, 0.15) is 21.6 Å². The van der Waals surface area contributed by atoms with E-state index in [4.69, 9.17) is 5.11 Å². The third-order valence-electron chi connectivity index (χ3n) is 1.65. The molecule has 1 heterocycles. The molecule has 1 rings (SSSR count). The van der Waals surface area contributed by atoms with Crippen LogP contribution in [0.15, 0.2) is 10.7 Å². The first-order chi connectivity index (χ1) is 5.52. The maximum atomic E-state index is 10.6. The zero-order chi connectivity index (χ0) is 9.30. The standard InChI is InChI=1S/C8H8BrNO2/c1-4-3-6(8(11)12)7(9)10-5(4)2/h3H,1-2H3,(H,11,12). The number of hydrogen-bond donors (Lipinski definition) is 1. The van der Waals surface area contributed by atoms with E-state index in [0.29, 0.717) is 4.60 Å². The first-order valence-electron chi connectivity index (χ1n) is 3.39. The number of aryl methyl sites for hydroxylation is 2. The van der Waals surface area contributed by atoms with Crippen molar-refractivity contribution >= 4 is 21.9 Å². The van der Waals surface area contributed by atoms with Crippen molar-refractivity contribution in [1.82, 2.24) is 4.98 Å². The number of carboxylic acids is 1. The lowest BCUT2D eigenvalue weighted by Crippen LogP contribution is -2.01. The van der Waals surface area contributed by atoms with E-state index in [1.807, 2.05) is 13.8 Å². The average molecular weight is 230 g/mol. The van der Waals surface area contributed by atoms with E-state index < -0.39 is 5.97 Å². The molecular weight excluding hydrogens is 222 g/mol. The van der Waals surface area contributed by atoms with Crippen molar-refractivity contribution in [1.29, 1.82) is 0 Å². The first kappa shape index (κ1) is 9.19. The summed E-state index contributed by atoms with van der Waals surface area (Å²) in [5.74, 6) is -0.961. The summed E-state index contributed by atoms with van der Waals surface area (Å²) < 4.78 is 0.387. The van der Waals surface area contributed by atoms with Gasteiger partial charge in [0.2, 0.25) is 0 Å². The molecule has 0 aliphatic rings. The van der Waals surface area contributed by atoms with E-state index in [1.165, 1.54) is 0 Å². The van der Waals surface area contributed by atoms with Crippen molar-refractivity contribution in [2.45, 2.75) is 13.8 Å². The molecule has 0 saturated carbocycles. The van der Waals surface area contributed by atoms with Gasteiger partial charge in [0.25, 0.3) is 0 Å². The van der Waals surface area contributed by atoms with Crippen LogP contribution in [-0.4, -0.2) is 16.1 Å². The molecule has 0 atom stereocenters. The van der Waals surface area contributed by atoms with Crippen LogP contribution in [0.25, 0.3) is 0 Å². The monoisotopic (exact) mass is 229 g/mol. The van der Waals surface area contributed by atoms with Crippen molar-refractivity contribution in [3.8, 4) is 0 Å². The minimum absolute atomic E-state index is 0.207. The van der Waals surface area contributed by atoms with E-state index in [9.17, 15) is 4.79 Å². The van der Waals surface area contributed by atoms with Gasteiger partial charge in [-0.2, -0.15) is 0 Å². The van der Waals surface area contributed by atoms with Crippen LogP contribution in [0.2, 0.25) is 0 Å². The lowest BCUT2D eigenvalue weighted by Gasteiger charge is -2.02. The van der Waals surface area contributed by atoms with Crippen molar-refractivity contribution in [3.05, 3.63) is 27.5 Å². The molecular formula is C8H8BrNO2. The Morgan fingerprint density at radius 3 is 2.67 bits per heavy atom. The van der Waals surface area contributed by atoms with Crippen molar-refractivity contribution in [3.63, 3.8) is 0 Å². The maximum absolute atomic E-state index is 10.6. The molecule has 0 aliphatic heterocycles. The highest BCUT2D eigenvalue weighted by atomic mass is 79.9. The van der Waals surface area contributed by atoms with Crippen LogP contribution in [0.4, 0.5) is 0 Å². The predicted molar refractivity (Wildman–Crippen MR) is 48.4 cm³/mol. The molecule has 0 unspecified atom stereocenters. The minimum atomic E-state index is -0.961. The Kier molecular flexibility index (Phi) is 2.47. The lowest BCUT2D eigenvalue weighted by molar-refractivity contribution is 0.0695. The zero-order valence-corrected chi connectivity index (χ0v) is 8.34. The van der Waals surface area contributed by atoms with Gasteiger partial charge >= 0.3 is 5.97 Å². The lowest BCUT2D eigenvalue weighted by atomic mass is 10.2. The third kappa shape index (κ3) is 1.64. The largest absolute Gasteiger partial charge is 0.478 e. The molecule has 1 N–H and O–H groups in total. The topological polar surface area (TPSA) is 50.2 Å². The van der Waals surface area contributed by atoms with Gasteiger partial charge < -0.3 is 5.11 Å². The Hall–Kier alpha value is -0.900. The van der Waals surface area contributed by atoms with Gasteiger partial charge in [0.15, 0.2) is 0 Å². The molecule has 1 aromatic rings. The number of halogens is 1. The van der Waals surface area contributed by atoms with Crippen LogP contribution in [0.5, 0.6) is 0 Å². The van der Waals surface area contributed by atoms with Crippen molar-refractivity contribution in [2.75, 3.05) is 0 Å². The summed E-state index contributed by atoms with van der Waals surface area (Å²) in [7, 11) is 0. The predicted octanol–water partition coefficient (Wildman–Crippen LogP) is 2.16. The molecule has 0 aliphatic carbocycles. The van der Waals surface area contributed by atoms with E-state index in [2.05, 4.69) is 20.9 Å². The molecule has 4 heteroatoms. The summed E-state index contributed by atoms with van der Waals surface area (Å²) in [4.78, 5) is 14.6. The molecule has 0 aromatic carbocycles. The highest BCUT2D eigenvalue weighted by Gasteiger charge is 2.10. The molecule has 0 bridgehead atoms. The van der Waals surface area contributed by atoms with Gasteiger partial charge in [-0.15, -0.1) is 0 Å². The molecule has 0 fully saturated rings. The zero-order valence-electron chi connectivity index (χ0n) is 6.76. The number of carbonyl (C=O) groups is 1. The second-order valence-corrected chi connectivity index (χ2v) is 3.29. The van der Waals surface area contributed by atoms with Crippen LogP contribution in [-0.2, 0) is 0 Å². The normalized spacial score (nSPS) is 9.92. The van der Waals surface area contributed by atoms with E-state index in [0.717, 1.165) is 11.3 Å². The number of carboxylic acid groups (broad SMARTS) is 1. The molecule has 0 amide bonds. The average Bonchev–Trinajstić information content (AvgIpc) is 1.96. The summed E-state index contributed by atoms with van der Waals surface area (Å²) in [6.45, 7) is 3.67. The fourth-order valence-electron chi connectivity index (χ4n) is 0.826. The molecule has 3 nitrogen and oxygen atoms in total. The smallest absolute Gasteiger partial charge is 0.338 e. The fraction of sp³-hybridized carbons (Fsp3) is 0.250. The number of rotatable bonds is 1. The first-order valence-corrected chi connectivity index (χ1v) is 4.18. The quantitative estimate of drug-likeness (QED) is 0.752. The Morgan fingerprint density at radius 1 is 1.58 bits per heavy atom. The summed E-state index contributed by atoms with van der Waals surface area (Å²) in [6.07, 6.45) is 0. The van der Waals surface area contributed by atoms with Gasteiger partial charge in [-0.05, 0) is 41.4 Å². The third-order valence-corrected chi connectivity index (χ3v) is 2.25. The van der Waals surface area contributed by atoms with E-state index in [1.54, 1.807) is 6.07 Å². The van der Waals surface area contributed by atoms with E-state index >= 15 is 0 Å². The number of pyridine rings is 1. The Labute approximate surface area is 78.6 Å². The number of hydrogen-bond acceptors (Lipinski definition) is 2. The molecule has 0 saturated heterocycles. The SMILES string of the molecule is Cc1cc(C(=O)O)c(Br)nc1C. The fourth-order valence-corrected chi connectivity index (χ4v) is 1.38. The van der Waals surface area contributed by atoms with Crippen LogP contribution in [0, 0.1) is 13.8 Å². The van der Waals surface area contributed by atoms with Crippen LogP contribution < -0.4 is 0 Å². The van der Waals surface area contributed by atoms with Crippen molar-refractivity contribution < 1.29 is 9.90 Å². The number of aromatic carboxylic acids is 1. The Balaban J connectivity index is 3.33. The number of aromatic nitrogens is 1. The summed E-state index contributed by atoms with van der Waals surface area (Å²) >= 11 is 3.09. The van der Waals surface area contributed by atoms with Gasteiger partial charge in [-0.3, -0.25) is 0 Å². The summed E-state index contributed by atoms with van der Waals surface area (Å²) in [5, 5.41) is 8.71. The summed E-state index contributed by atoms with van der Waals surface area (Å²) in [5.41, 5.74) is 1.93. The maximum Gasteiger partial charge on any atom is 0.338 e. The van der Waals surface area contributed by atoms with Crippen molar-refractivity contribution in [2.24, 2.45) is 0 Å². The Bertz CT molecular complexity index is 336. The molecule has 0 spiro atoms. The van der Waals surface area contributed by atoms with Gasteiger partial charge in [0.05, 0.1) is 5.56 Å². The molecule has 0 radical (unpaired) electrons. The van der Waals surface area contributed by atoms with Gasteiger partial charge in [-0.25, -0.2) is 9.78 Å². The van der Waals surface area contributed by atoms with Gasteiger partial charge in [-0.1, -0.05) is 0 Å². The summed E-state index contributed by atoms with van der Waals surface area (Å²) in [6, 6.07) is 1.61. The van der Waals surface area contributed by atoms with Crippen LogP contribution >= 0.6 is 15.9 Å². The molecule has 12 heavy (non-hydrogen) atoms. The Morgan fingerprint density at radius 2 is 2.17 bits per heavy atom. The molecule has 1 aromatic heterocycles. The highest BCUT2D eigenvalue weighted by molar-refractivity contribution is 9.10. The van der Waals surface area contributed by atoms with Gasteiger partial charge in [0, 0.05) is 5.69 Å². The second-order valence-electron chi connectivity index (χ2n) is 2.53. The van der Waals surface area contributed by atoms with E-state index in [-0.39, 0.29) is 5.56 Å².